The first-order chi connectivity index (χ1) is 10.8. The molecule has 1 aliphatic rings. The van der Waals surface area contributed by atoms with Crippen LogP contribution in [0, 0.1) is 0 Å². The van der Waals surface area contributed by atoms with Crippen molar-refractivity contribution in [3.05, 3.63) is 42.5 Å². The fourth-order valence-corrected chi connectivity index (χ4v) is 2.33. The number of anilines is 1. The second kappa shape index (κ2) is 6.49. The molecular formula is C17H17NO4. The monoisotopic (exact) mass is 299 g/mol. The summed E-state index contributed by atoms with van der Waals surface area (Å²) in [5, 5.41) is 2.80. The predicted molar refractivity (Wildman–Crippen MR) is 83.4 cm³/mol. The van der Waals surface area contributed by atoms with Crippen LogP contribution in [0.4, 0.5) is 5.69 Å². The van der Waals surface area contributed by atoms with Gasteiger partial charge in [-0.15, -0.1) is 0 Å². The van der Waals surface area contributed by atoms with Crippen LogP contribution in [0.3, 0.4) is 0 Å². The molecule has 0 radical (unpaired) electrons. The minimum atomic E-state index is -0.179. The second-order valence-electron chi connectivity index (χ2n) is 4.92. The van der Waals surface area contributed by atoms with E-state index >= 15 is 0 Å². The Morgan fingerprint density at radius 3 is 2.68 bits per heavy atom. The number of fused-ring (bicyclic) bond motifs is 1. The highest BCUT2D eigenvalue weighted by atomic mass is 16.6. The molecule has 5 nitrogen and oxygen atoms in total. The first-order valence-electron chi connectivity index (χ1n) is 7.05. The minimum absolute atomic E-state index is 0.0360. The summed E-state index contributed by atoms with van der Waals surface area (Å²) in [5.41, 5.74) is 2.73. The fraction of sp³-hybridized carbons (Fsp3) is 0.235. The summed E-state index contributed by atoms with van der Waals surface area (Å²) in [5.74, 6) is 1.33. The lowest BCUT2D eigenvalue weighted by molar-refractivity contribution is -0.119. The number of amides is 1. The Labute approximate surface area is 128 Å². The molecule has 3 rings (SSSR count). The zero-order valence-corrected chi connectivity index (χ0v) is 12.3. The molecule has 0 fully saturated rings. The van der Waals surface area contributed by atoms with E-state index < -0.39 is 0 Å². The highest BCUT2D eigenvalue weighted by Gasteiger charge is 2.12. The number of methoxy groups -OCH3 is 1. The molecule has 22 heavy (non-hydrogen) atoms. The van der Waals surface area contributed by atoms with E-state index in [2.05, 4.69) is 5.32 Å². The third-order valence-corrected chi connectivity index (χ3v) is 3.30. The van der Waals surface area contributed by atoms with Crippen molar-refractivity contribution in [3.63, 3.8) is 0 Å². The Bertz CT molecular complexity index is 684. The van der Waals surface area contributed by atoms with Crippen molar-refractivity contribution in [1.82, 2.24) is 0 Å². The lowest BCUT2D eigenvalue weighted by atomic mass is 10.0. The first-order valence-corrected chi connectivity index (χ1v) is 7.05. The largest absolute Gasteiger partial charge is 0.486 e. The normalized spacial score (nSPS) is 12.8. The smallest absolute Gasteiger partial charge is 0.250 e. The summed E-state index contributed by atoms with van der Waals surface area (Å²) in [6.45, 7) is 1.17. The number of hydrogen-bond acceptors (Lipinski definition) is 4. The van der Waals surface area contributed by atoms with Crippen LogP contribution in [0.5, 0.6) is 11.5 Å². The molecule has 1 amide bonds. The molecule has 0 bridgehead atoms. The summed E-state index contributed by atoms with van der Waals surface area (Å²) in [4.78, 5) is 11.6. The third-order valence-electron chi connectivity index (χ3n) is 3.30. The van der Waals surface area contributed by atoms with E-state index in [4.69, 9.17) is 14.2 Å². The highest BCUT2D eigenvalue weighted by Crippen LogP contribution is 2.35. The van der Waals surface area contributed by atoms with E-state index in [-0.39, 0.29) is 12.5 Å². The van der Waals surface area contributed by atoms with Crippen molar-refractivity contribution in [2.45, 2.75) is 0 Å². The highest BCUT2D eigenvalue weighted by molar-refractivity contribution is 5.92. The Balaban J connectivity index is 1.84. The molecule has 0 saturated heterocycles. The zero-order chi connectivity index (χ0) is 15.4. The van der Waals surface area contributed by atoms with E-state index in [1.54, 1.807) is 0 Å². The maximum Gasteiger partial charge on any atom is 0.250 e. The number of rotatable bonds is 4. The summed E-state index contributed by atoms with van der Waals surface area (Å²) in [7, 11) is 1.49. The van der Waals surface area contributed by atoms with Crippen molar-refractivity contribution in [2.24, 2.45) is 0 Å². The molecule has 5 heteroatoms. The van der Waals surface area contributed by atoms with Gasteiger partial charge in [-0.2, -0.15) is 0 Å². The van der Waals surface area contributed by atoms with Crippen LogP contribution >= 0.6 is 0 Å². The average molecular weight is 299 g/mol. The molecule has 0 saturated carbocycles. The van der Waals surface area contributed by atoms with Gasteiger partial charge in [0.25, 0.3) is 0 Å². The Hall–Kier alpha value is -2.53. The third kappa shape index (κ3) is 3.20. The molecule has 0 aromatic heterocycles. The summed E-state index contributed by atoms with van der Waals surface area (Å²) < 4.78 is 15.9. The van der Waals surface area contributed by atoms with E-state index in [9.17, 15) is 4.79 Å². The number of ether oxygens (including phenoxy) is 3. The number of carbonyl (C=O) groups is 1. The van der Waals surface area contributed by atoms with Gasteiger partial charge >= 0.3 is 0 Å². The molecule has 2 aromatic rings. The van der Waals surface area contributed by atoms with Crippen LogP contribution in [-0.2, 0) is 9.53 Å². The van der Waals surface area contributed by atoms with Gasteiger partial charge in [-0.3, -0.25) is 4.79 Å². The Morgan fingerprint density at radius 2 is 1.86 bits per heavy atom. The number of hydrogen-bond donors (Lipinski definition) is 1. The molecule has 0 spiro atoms. The summed E-state index contributed by atoms with van der Waals surface area (Å²) in [6.07, 6.45) is 0. The Kier molecular flexibility index (Phi) is 4.25. The first kappa shape index (κ1) is 14.4. The number of nitrogens with one attached hydrogen (secondary N) is 1. The van der Waals surface area contributed by atoms with Gasteiger partial charge in [0.1, 0.15) is 19.8 Å². The molecular weight excluding hydrogens is 282 g/mol. The van der Waals surface area contributed by atoms with Crippen molar-refractivity contribution in [2.75, 3.05) is 32.2 Å². The van der Waals surface area contributed by atoms with Gasteiger partial charge in [-0.25, -0.2) is 0 Å². The summed E-state index contributed by atoms with van der Waals surface area (Å²) >= 11 is 0. The van der Waals surface area contributed by atoms with Crippen LogP contribution in [0.1, 0.15) is 0 Å². The molecule has 2 aromatic carbocycles. The zero-order valence-electron chi connectivity index (χ0n) is 12.3. The van der Waals surface area contributed by atoms with Gasteiger partial charge in [0, 0.05) is 12.8 Å². The second-order valence-corrected chi connectivity index (χ2v) is 4.92. The quantitative estimate of drug-likeness (QED) is 0.943. The number of carbonyl (C=O) groups excluding carboxylic acids is 1. The lowest BCUT2D eigenvalue weighted by Gasteiger charge is -2.19. The van der Waals surface area contributed by atoms with Gasteiger partial charge in [-0.1, -0.05) is 18.2 Å². The number of benzene rings is 2. The van der Waals surface area contributed by atoms with Crippen molar-refractivity contribution in [1.29, 1.82) is 0 Å². The Morgan fingerprint density at radius 1 is 1.09 bits per heavy atom. The topological polar surface area (TPSA) is 56.8 Å². The average Bonchev–Trinajstić information content (AvgIpc) is 2.55. The molecule has 0 atom stereocenters. The lowest BCUT2D eigenvalue weighted by Crippen LogP contribution is -2.17. The molecule has 1 N–H and O–H groups in total. The van der Waals surface area contributed by atoms with E-state index in [1.165, 1.54) is 7.11 Å². The van der Waals surface area contributed by atoms with Crippen LogP contribution < -0.4 is 14.8 Å². The fourth-order valence-electron chi connectivity index (χ4n) is 2.33. The van der Waals surface area contributed by atoms with Gasteiger partial charge in [0.2, 0.25) is 5.91 Å². The SMILES string of the molecule is COCC(=O)Nc1cccc(-c2ccc3c(c2)OCCO3)c1. The van der Waals surface area contributed by atoms with E-state index in [0.29, 0.717) is 13.2 Å². The maximum absolute atomic E-state index is 11.6. The van der Waals surface area contributed by atoms with Crippen LogP contribution in [-0.4, -0.2) is 32.8 Å². The minimum Gasteiger partial charge on any atom is -0.486 e. The van der Waals surface area contributed by atoms with E-state index in [0.717, 1.165) is 28.3 Å². The standard InChI is InChI=1S/C17H17NO4/c1-20-11-17(19)18-14-4-2-3-12(9-14)13-5-6-15-16(10-13)22-8-7-21-15/h2-6,9-10H,7-8,11H2,1H3,(H,18,19). The predicted octanol–water partition coefficient (Wildman–Crippen LogP) is 2.71. The van der Waals surface area contributed by atoms with Gasteiger partial charge < -0.3 is 19.5 Å². The molecule has 0 aliphatic carbocycles. The van der Waals surface area contributed by atoms with Crippen LogP contribution in [0.2, 0.25) is 0 Å². The van der Waals surface area contributed by atoms with Gasteiger partial charge in [-0.05, 0) is 35.4 Å². The maximum atomic E-state index is 11.6. The van der Waals surface area contributed by atoms with E-state index in [1.807, 2.05) is 42.5 Å². The summed E-state index contributed by atoms with van der Waals surface area (Å²) in [6, 6.07) is 13.5. The van der Waals surface area contributed by atoms with Crippen molar-refractivity contribution >= 4 is 11.6 Å². The molecule has 1 heterocycles. The molecule has 0 unspecified atom stereocenters. The van der Waals surface area contributed by atoms with Crippen LogP contribution in [0.25, 0.3) is 11.1 Å². The van der Waals surface area contributed by atoms with Gasteiger partial charge in [0.15, 0.2) is 11.5 Å². The molecule has 114 valence electrons. The van der Waals surface area contributed by atoms with Crippen LogP contribution in [0.15, 0.2) is 42.5 Å². The van der Waals surface area contributed by atoms with Crippen molar-refractivity contribution < 1.29 is 19.0 Å². The van der Waals surface area contributed by atoms with Crippen molar-refractivity contribution in [3.8, 4) is 22.6 Å². The molecule has 1 aliphatic heterocycles. The van der Waals surface area contributed by atoms with Gasteiger partial charge in [0.05, 0.1) is 0 Å².